The molecule has 1 heterocycles. The van der Waals surface area contributed by atoms with E-state index in [4.69, 9.17) is 4.42 Å². The van der Waals surface area contributed by atoms with Gasteiger partial charge in [-0.1, -0.05) is 26.7 Å². The van der Waals surface area contributed by atoms with Gasteiger partial charge in [-0.15, -0.1) is 0 Å². The maximum absolute atomic E-state index is 12.2. The molecule has 0 aromatic carbocycles. The van der Waals surface area contributed by atoms with Crippen molar-refractivity contribution in [1.29, 1.82) is 0 Å². The molecule has 0 aliphatic heterocycles. The highest BCUT2D eigenvalue weighted by atomic mass is 16.4. The standard InChI is InChI=1S/C24H34O3/c1-22-12-4-3-5-17(22)7-8-20-19(22)10-13-23(2)18(11-14-24(20,23)26)16-6-9-21(25)27-15-16/h6,9,15,17-20,26H,3-5,7-8,10-14H2,1-2H3/t17-,18-,19+,20-,22?,23-,24+/m1/s1. The minimum absolute atomic E-state index is 0.105. The van der Waals surface area contributed by atoms with E-state index in [9.17, 15) is 9.90 Å². The predicted molar refractivity (Wildman–Crippen MR) is 106 cm³/mol. The SMILES string of the molecule is CC12CCCC[C@@H]1CC[C@@H]1[C@@H]2CC[C@]2(C)[C@@H](c3ccc(=O)oc3)CC[C@]12O. The topological polar surface area (TPSA) is 50.4 Å². The van der Waals surface area contributed by atoms with Crippen molar-refractivity contribution in [3.8, 4) is 0 Å². The van der Waals surface area contributed by atoms with Crippen LogP contribution in [0.5, 0.6) is 0 Å². The summed E-state index contributed by atoms with van der Waals surface area (Å²) in [7, 11) is 0. The smallest absolute Gasteiger partial charge is 0.335 e. The summed E-state index contributed by atoms with van der Waals surface area (Å²) in [5.41, 5.74) is 0.581. The highest BCUT2D eigenvalue weighted by Crippen LogP contribution is 2.70. The Morgan fingerprint density at radius 2 is 1.81 bits per heavy atom. The summed E-state index contributed by atoms with van der Waals surface area (Å²) in [6.45, 7) is 4.87. The zero-order chi connectivity index (χ0) is 18.9. The Hall–Kier alpha value is -1.09. The Bertz CT molecular complexity index is 764. The monoisotopic (exact) mass is 370 g/mol. The first-order chi connectivity index (χ1) is 12.9. The van der Waals surface area contributed by atoms with Gasteiger partial charge in [0.05, 0.1) is 11.9 Å². The average Bonchev–Trinajstić information content (AvgIpc) is 2.94. The number of fused-ring (bicyclic) bond motifs is 5. The molecule has 148 valence electrons. The van der Waals surface area contributed by atoms with Gasteiger partial charge in [0.2, 0.25) is 0 Å². The van der Waals surface area contributed by atoms with Gasteiger partial charge in [0.25, 0.3) is 0 Å². The average molecular weight is 371 g/mol. The van der Waals surface area contributed by atoms with Crippen LogP contribution >= 0.6 is 0 Å². The number of rotatable bonds is 1. The summed E-state index contributed by atoms with van der Waals surface area (Å²) < 4.78 is 5.18. The summed E-state index contributed by atoms with van der Waals surface area (Å²) in [5.74, 6) is 2.30. The van der Waals surface area contributed by atoms with Gasteiger partial charge in [-0.2, -0.15) is 0 Å². The Morgan fingerprint density at radius 1 is 0.963 bits per heavy atom. The number of hydrogen-bond donors (Lipinski definition) is 1. The summed E-state index contributed by atoms with van der Waals surface area (Å²) in [6.07, 6.45) is 13.9. The summed E-state index contributed by atoms with van der Waals surface area (Å²) in [4.78, 5) is 11.4. The van der Waals surface area contributed by atoms with Gasteiger partial charge >= 0.3 is 5.63 Å². The van der Waals surface area contributed by atoms with Crippen LogP contribution in [0.2, 0.25) is 0 Å². The number of hydrogen-bond acceptors (Lipinski definition) is 3. The molecule has 0 spiro atoms. The van der Waals surface area contributed by atoms with Crippen LogP contribution in [0.25, 0.3) is 0 Å². The van der Waals surface area contributed by atoms with Gasteiger partial charge in [0.1, 0.15) is 0 Å². The lowest BCUT2D eigenvalue weighted by atomic mass is 9.43. The first kappa shape index (κ1) is 18.0. The molecule has 4 fully saturated rings. The van der Waals surface area contributed by atoms with Crippen LogP contribution in [-0.4, -0.2) is 10.7 Å². The zero-order valence-corrected chi connectivity index (χ0v) is 16.9. The van der Waals surface area contributed by atoms with Gasteiger partial charge in [0, 0.05) is 11.5 Å². The summed E-state index contributed by atoms with van der Waals surface area (Å²) in [5, 5.41) is 12.2. The molecule has 27 heavy (non-hydrogen) atoms. The molecule has 1 aromatic rings. The van der Waals surface area contributed by atoms with E-state index < -0.39 is 5.60 Å². The summed E-state index contributed by atoms with van der Waals surface area (Å²) >= 11 is 0. The van der Waals surface area contributed by atoms with Crippen molar-refractivity contribution >= 4 is 0 Å². The van der Waals surface area contributed by atoms with Crippen molar-refractivity contribution in [3.05, 3.63) is 34.4 Å². The zero-order valence-electron chi connectivity index (χ0n) is 16.9. The molecule has 4 saturated carbocycles. The lowest BCUT2D eigenvalue weighted by molar-refractivity contribution is -0.200. The molecular weight excluding hydrogens is 336 g/mol. The van der Waals surface area contributed by atoms with Gasteiger partial charge < -0.3 is 9.52 Å². The third kappa shape index (κ3) is 2.33. The van der Waals surface area contributed by atoms with Crippen LogP contribution in [0.3, 0.4) is 0 Å². The maximum Gasteiger partial charge on any atom is 0.335 e. The van der Waals surface area contributed by atoms with Crippen LogP contribution in [0.4, 0.5) is 0 Å². The van der Waals surface area contributed by atoms with Crippen LogP contribution in [0.15, 0.2) is 27.6 Å². The van der Waals surface area contributed by atoms with E-state index in [0.29, 0.717) is 23.2 Å². The van der Waals surface area contributed by atoms with E-state index in [0.717, 1.165) is 30.7 Å². The molecule has 1 aromatic heterocycles. The molecule has 4 aliphatic rings. The first-order valence-electron chi connectivity index (χ1n) is 11.2. The number of aliphatic hydroxyl groups is 1. The second kappa shape index (κ2) is 5.95. The van der Waals surface area contributed by atoms with Crippen molar-refractivity contribution in [1.82, 2.24) is 0 Å². The minimum atomic E-state index is -0.567. The minimum Gasteiger partial charge on any atom is -0.431 e. The molecule has 3 nitrogen and oxygen atoms in total. The van der Waals surface area contributed by atoms with Gasteiger partial charge in [0.15, 0.2) is 0 Å². The fraction of sp³-hybridized carbons (Fsp3) is 0.792. The Balaban J connectivity index is 1.50. The van der Waals surface area contributed by atoms with Crippen molar-refractivity contribution in [2.24, 2.45) is 28.6 Å². The molecule has 0 radical (unpaired) electrons. The third-order valence-electron chi connectivity index (χ3n) is 9.90. The molecule has 7 atom stereocenters. The van der Waals surface area contributed by atoms with Crippen molar-refractivity contribution < 1.29 is 9.52 Å². The third-order valence-corrected chi connectivity index (χ3v) is 9.90. The van der Waals surface area contributed by atoms with Crippen LogP contribution in [-0.2, 0) is 0 Å². The van der Waals surface area contributed by atoms with Crippen LogP contribution in [0, 0.1) is 28.6 Å². The van der Waals surface area contributed by atoms with Crippen molar-refractivity contribution in [2.75, 3.05) is 0 Å². The maximum atomic E-state index is 12.2. The van der Waals surface area contributed by atoms with E-state index in [2.05, 4.69) is 13.8 Å². The molecule has 1 N–H and O–H groups in total. The van der Waals surface area contributed by atoms with Crippen molar-refractivity contribution in [3.63, 3.8) is 0 Å². The lowest BCUT2D eigenvalue weighted by Crippen LogP contribution is -2.61. The molecule has 3 heteroatoms. The lowest BCUT2D eigenvalue weighted by Gasteiger charge is -2.63. The first-order valence-corrected chi connectivity index (χ1v) is 11.2. The van der Waals surface area contributed by atoms with Gasteiger partial charge in [-0.25, -0.2) is 4.79 Å². The van der Waals surface area contributed by atoms with Crippen LogP contribution < -0.4 is 5.63 Å². The Kier molecular flexibility index (Phi) is 3.96. The molecule has 0 bridgehead atoms. The van der Waals surface area contributed by atoms with Crippen molar-refractivity contribution in [2.45, 2.75) is 89.6 Å². The Morgan fingerprint density at radius 3 is 2.59 bits per heavy atom. The fourth-order valence-electron chi connectivity index (χ4n) is 8.36. The predicted octanol–water partition coefficient (Wildman–Crippen LogP) is 5.27. The largest absolute Gasteiger partial charge is 0.431 e. The molecular formula is C24H34O3. The molecule has 0 saturated heterocycles. The van der Waals surface area contributed by atoms with E-state index in [-0.39, 0.29) is 11.0 Å². The Labute approximate surface area is 162 Å². The van der Waals surface area contributed by atoms with E-state index >= 15 is 0 Å². The highest BCUT2D eigenvalue weighted by molar-refractivity contribution is 5.26. The fourth-order valence-corrected chi connectivity index (χ4v) is 8.36. The van der Waals surface area contributed by atoms with E-state index in [1.54, 1.807) is 6.26 Å². The highest BCUT2D eigenvalue weighted by Gasteiger charge is 2.67. The molecule has 0 amide bonds. The summed E-state index contributed by atoms with van der Waals surface area (Å²) in [6, 6.07) is 3.47. The molecule has 5 rings (SSSR count). The van der Waals surface area contributed by atoms with Gasteiger partial charge in [-0.05, 0) is 92.1 Å². The van der Waals surface area contributed by atoms with E-state index in [1.807, 2.05) is 6.07 Å². The quantitative estimate of drug-likeness (QED) is 0.732. The molecule has 1 unspecified atom stereocenters. The second-order valence-corrected chi connectivity index (χ2v) is 10.6. The van der Waals surface area contributed by atoms with Crippen LogP contribution in [0.1, 0.15) is 89.5 Å². The molecule has 4 aliphatic carbocycles. The van der Waals surface area contributed by atoms with Gasteiger partial charge in [-0.3, -0.25) is 0 Å². The van der Waals surface area contributed by atoms with E-state index in [1.165, 1.54) is 51.0 Å². The second-order valence-electron chi connectivity index (χ2n) is 10.6. The normalized spacial score (nSPS) is 49.1.